The first-order valence-electron chi connectivity index (χ1n) is 9.58. The van der Waals surface area contributed by atoms with Crippen molar-refractivity contribution in [2.75, 3.05) is 17.7 Å². The van der Waals surface area contributed by atoms with E-state index in [0.717, 1.165) is 17.0 Å². The molecule has 9 nitrogen and oxygen atoms in total. The molecule has 3 N–H and O–H groups in total. The summed E-state index contributed by atoms with van der Waals surface area (Å²) in [6.07, 6.45) is 3.14. The van der Waals surface area contributed by atoms with Gasteiger partial charge in [0.1, 0.15) is 23.0 Å². The van der Waals surface area contributed by atoms with E-state index in [1.807, 2.05) is 6.07 Å². The van der Waals surface area contributed by atoms with Crippen LogP contribution in [0.1, 0.15) is 10.5 Å². The average molecular weight is 434 g/mol. The molecule has 0 saturated heterocycles. The highest BCUT2D eigenvalue weighted by Gasteiger charge is 2.11. The maximum atomic E-state index is 14.5. The molecule has 2 aromatic carbocycles. The Morgan fingerprint density at radius 1 is 1.03 bits per heavy atom. The summed E-state index contributed by atoms with van der Waals surface area (Å²) >= 11 is 0. The molecule has 4 aromatic rings. The average Bonchev–Trinajstić information content (AvgIpc) is 3.15. The second-order valence-electron chi connectivity index (χ2n) is 6.82. The molecule has 162 valence electrons. The van der Waals surface area contributed by atoms with Gasteiger partial charge in [0, 0.05) is 43.5 Å². The first kappa shape index (κ1) is 20.8. The number of fused-ring (bicyclic) bond motifs is 1. The normalized spacial score (nSPS) is 10.6. The topological polar surface area (TPSA) is 110 Å². The van der Waals surface area contributed by atoms with Gasteiger partial charge in [0.2, 0.25) is 0 Å². The monoisotopic (exact) mass is 434 g/mol. The second-order valence-corrected chi connectivity index (χ2v) is 6.82. The van der Waals surface area contributed by atoms with Gasteiger partial charge in [-0.1, -0.05) is 0 Å². The SMILES string of the molecule is CNC(=O)c1cc(Oc2ccc(NC(=O)Nc3ccc4cnn(C)c4c3)c(F)c2)ccn1. The van der Waals surface area contributed by atoms with Crippen LogP contribution < -0.4 is 20.7 Å². The van der Waals surface area contributed by atoms with Crippen molar-refractivity contribution in [3.8, 4) is 11.5 Å². The summed E-state index contributed by atoms with van der Waals surface area (Å²) in [5.74, 6) is -0.527. The van der Waals surface area contributed by atoms with Crippen LogP contribution in [0.15, 0.2) is 60.9 Å². The zero-order valence-corrected chi connectivity index (χ0v) is 17.2. The smallest absolute Gasteiger partial charge is 0.323 e. The number of nitrogens with one attached hydrogen (secondary N) is 3. The molecule has 0 aliphatic carbocycles. The van der Waals surface area contributed by atoms with E-state index < -0.39 is 11.8 Å². The van der Waals surface area contributed by atoms with Crippen molar-refractivity contribution >= 4 is 34.2 Å². The molecule has 3 amide bonds. The number of hydrogen-bond donors (Lipinski definition) is 3. The molecule has 4 rings (SSSR count). The summed E-state index contributed by atoms with van der Waals surface area (Å²) in [6, 6.07) is 11.8. The fraction of sp³-hybridized carbons (Fsp3) is 0.0909. The van der Waals surface area contributed by atoms with Gasteiger partial charge in [0.25, 0.3) is 5.91 Å². The Kier molecular flexibility index (Phi) is 5.67. The van der Waals surface area contributed by atoms with Crippen molar-refractivity contribution < 1.29 is 18.7 Å². The second kappa shape index (κ2) is 8.72. The van der Waals surface area contributed by atoms with Crippen molar-refractivity contribution in [2.24, 2.45) is 7.05 Å². The van der Waals surface area contributed by atoms with E-state index in [-0.39, 0.29) is 23.0 Å². The van der Waals surface area contributed by atoms with Crippen LogP contribution in [0, 0.1) is 5.82 Å². The molecule has 0 spiro atoms. The molecule has 0 atom stereocenters. The molecule has 32 heavy (non-hydrogen) atoms. The number of carbonyl (C=O) groups excluding carboxylic acids is 2. The quantitative estimate of drug-likeness (QED) is 0.441. The molecule has 2 aromatic heterocycles. The lowest BCUT2D eigenvalue weighted by Crippen LogP contribution is -2.20. The van der Waals surface area contributed by atoms with Crippen molar-refractivity contribution in [1.29, 1.82) is 0 Å². The lowest BCUT2D eigenvalue weighted by molar-refractivity contribution is 0.0958. The third-order valence-corrected chi connectivity index (χ3v) is 4.62. The van der Waals surface area contributed by atoms with Gasteiger partial charge in [-0.2, -0.15) is 5.10 Å². The van der Waals surface area contributed by atoms with Crippen LogP contribution in [0.3, 0.4) is 0 Å². The van der Waals surface area contributed by atoms with E-state index in [1.165, 1.54) is 31.4 Å². The zero-order chi connectivity index (χ0) is 22.7. The van der Waals surface area contributed by atoms with Gasteiger partial charge in [-0.05, 0) is 36.4 Å². The minimum Gasteiger partial charge on any atom is -0.457 e. The molecule has 0 fully saturated rings. The maximum absolute atomic E-state index is 14.5. The Morgan fingerprint density at radius 3 is 2.62 bits per heavy atom. The number of ether oxygens (including phenoxy) is 1. The highest BCUT2D eigenvalue weighted by atomic mass is 19.1. The summed E-state index contributed by atoms with van der Waals surface area (Å²) in [5.41, 5.74) is 1.55. The lowest BCUT2D eigenvalue weighted by atomic mass is 10.2. The maximum Gasteiger partial charge on any atom is 0.323 e. The number of benzene rings is 2. The molecule has 10 heteroatoms. The van der Waals surface area contributed by atoms with Crippen molar-refractivity contribution in [2.45, 2.75) is 0 Å². The Balaban J connectivity index is 1.43. The molecule has 0 radical (unpaired) electrons. The first-order valence-corrected chi connectivity index (χ1v) is 9.58. The highest BCUT2D eigenvalue weighted by Crippen LogP contribution is 2.26. The number of aryl methyl sites for hydroxylation is 1. The number of amides is 3. The number of anilines is 2. The number of pyridine rings is 1. The van der Waals surface area contributed by atoms with Crippen LogP contribution in [0.25, 0.3) is 10.9 Å². The zero-order valence-electron chi connectivity index (χ0n) is 17.2. The molecule has 0 aliphatic heterocycles. The van der Waals surface area contributed by atoms with Gasteiger partial charge in [-0.15, -0.1) is 0 Å². The van der Waals surface area contributed by atoms with Crippen molar-refractivity contribution in [3.63, 3.8) is 0 Å². The number of rotatable bonds is 5. The molecular formula is C22H19FN6O3. The van der Waals surface area contributed by atoms with Crippen LogP contribution in [-0.4, -0.2) is 33.8 Å². The first-order chi connectivity index (χ1) is 15.4. The third-order valence-electron chi connectivity index (χ3n) is 4.62. The van der Waals surface area contributed by atoms with Gasteiger partial charge in [0.05, 0.1) is 17.4 Å². The van der Waals surface area contributed by atoms with Gasteiger partial charge >= 0.3 is 6.03 Å². The fourth-order valence-corrected chi connectivity index (χ4v) is 3.03. The highest BCUT2D eigenvalue weighted by molar-refractivity contribution is 6.01. The molecule has 0 unspecified atom stereocenters. The molecular weight excluding hydrogens is 415 g/mol. The van der Waals surface area contributed by atoms with E-state index in [2.05, 4.69) is 26.0 Å². The lowest BCUT2D eigenvalue weighted by Gasteiger charge is -2.11. The van der Waals surface area contributed by atoms with Crippen molar-refractivity contribution in [1.82, 2.24) is 20.1 Å². The Hall–Kier alpha value is -4.47. The van der Waals surface area contributed by atoms with Gasteiger partial charge < -0.3 is 20.7 Å². The van der Waals surface area contributed by atoms with E-state index in [9.17, 15) is 14.0 Å². The summed E-state index contributed by atoms with van der Waals surface area (Å²) in [5, 5.41) is 12.7. The number of nitrogens with zero attached hydrogens (tertiary/aromatic N) is 3. The summed E-state index contributed by atoms with van der Waals surface area (Å²) in [7, 11) is 3.29. The van der Waals surface area contributed by atoms with E-state index >= 15 is 0 Å². The predicted molar refractivity (Wildman–Crippen MR) is 117 cm³/mol. The standard InChI is InChI=1S/C22H19FN6O3/c1-24-21(30)19-11-16(7-8-25-19)32-15-5-6-18(17(23)10-15)28-22(31)27-14-4-3-13-12-26-29(2)20(13)9-14/h3-12H,1-2H3,(H,24,30)(H2,27,28,31). The summed E-state index contributed by atoms with van der Waals surface area (Å²) in [4.78, 5) is 27.9. The number of hydrogen-bond acceptors (Lipinski definition) is 5. The van der Waals surface area contributed by atoms with Crippen LogP contribution in [0.4, 0.5) is 20.6 Å². The predicted octanol–water partition coefficient (Wildman–Crippen LogP) is 3.90. The molecule has 2 heterocycles. The minimum atomic E-state index is -0.680. The van der Waals surface area contributed by atoms with Crippen LogP contribution in [0.5, 0.6) is 11.5 Å². The van der Waals surface area contributed by atoms with Crippen LogP contribution >= 0.6 is 0 Å². The Morgan fingerprint density at radius 2 is 1.84 bits per heavy atom. The van der Waals surface area contributed by atoms with E-state index in [4.69, 9.17) is 4.74 Å². The fourth-order valence-electron chi connectivity index (χ4n) is 3.03. The summed E-state index contributed by atoms with van der Waals surface area (Å²) < 4.78 is 21.8. The van der Waals surface area contributed by atoms with Gasteiger partial charge in [-0.3, -0.25) is 14.5 Å². The number of halogens is 1. The molecule has 0 aliphatic rings. The Labute approximate surface area is 182 Å². The summed E-state index contributed by atoms with van der Waals surface area (Å²) in [6.45, 7) is 0. The van der Waals surface area contributed by atoms with Gasteiger partial charge in [0.15, 0.2) is 0 Å². The number of carbonyl (C=O) groups is 2. The van der Waals surface area contributed by atoms with Crippen LogP contribution in [0.2, 0.25) is 0 Å². The number of urea groups is 1. The molecule has 0 bridgehead atoms. The van der Waals surface area contributed by atoms with Gasteiger partial charge in [-0.25, -0.2) is 9.18 Å². The largest absolute Gasteiger partial charge is 0.457 e. The van der Waals surface area contributed by atoms with Crippen LogP contribution in [-0.2, 0) is 7.05 Å². The third kappa shape index (κ3) is 4.48. The van der Waals surface area contributed by atoms with Crippen molar-refractivity contribution in [3.05, 3.63) is 72.4 Å². The minimum absolute atomic E-state index is 0.0164. The Bertz CT molecular complexity index is 1320. The van der Waals surface area contributed by atoms with E-state index in [1.54, 1.807) is 36.1 Å². The van der Waals surface area contributed by atoms with E-state index in [0.29, 0.717) is 11.4 Å². The number of aromatic nitrogens is 3. The molecule has 0 saturated carbocycles.